The molecule has 0 radical (unpaired) electrons. The van der Waals surface area contributed by atoms with E-state index < -0.39 is 0 Å². The molecule has 1 aliphatic rings. The number of morpholine rings is 1. The van der Waals surface area contributed by atoms with Crippen molar-refractivity contribution in [3.63, 3.8) is 0 Å². The van der Waals surface area contributed by atoms with E-state index in [2.05, 4.69) is 5.10 Å². The number of anilines is 1. The summed E-state index contributed by atoms with van der Waals surface area (Å²) >= 11 is 0. The van der Waals surface area contributed by atoms with E-state index >= 15 is 0 Å². The van der Waals surface area contributed by atoms with Crippen molar-refractivity contribution < 1.29 is 9.53 Å². The maximum atomic E-state index is 12.5. The first kappa shape index (κ1) is 13.9. The molecule has 0 spiro atoms. The van der Waals surface area contributed by atoms with Crippen molar-refractivity contribution in [3.8, 4) is 0 Å². The number of nitrogens with two attached hydrogens (primary N) is 1. The van der Waals surface area contributed by atoms with Gasteiger partial charge in [0.05, 0.1) is 17.4 Å². The van der Waals surface area contributed by atoms with Crippen LogP contribution in [-0.2, 0) is 11.3 Å². The zero-order chi connectivity index (χ0) is 14.2. The minimum atomic E-state index is -0.338. The Balaban J connectivity index is 2.21. The lowest BCUT2D eigenvalue weighted by molar-refractivity contribution is -0.118. The van der Waals surface area contributed by atoms with Crippen LogP contribution in [0.3, 0.4) is 0 Å². The van der Waals surface area contributed by atoms with E-state index in [4.69, 9.17) is 10.5 Å². The Labute approximate surface area is 113 Å². The first-order chi connectivity index (χ1) is 8.82. The fourth-order valence-electron chi connectivity index (χ4n) is 2.52. The predicted octanol–water partition coefficient (Wildman–Crippen LogP) is 1.12. The quantitative estimate of drug-likeness (QED) is 0.870. The van der Waals surface area contributed by atoms with Gasteiger partial charge in [-0.1, -0.05) is 0 Å². The van der Waals surface area contributed by atoms with Crippen LogP contribution < -0.4 is 5.73 Å². The highest BCUT2D eigenvalue weighted by Crippen LogP contribution is 2.23. The average molecular weight is 266 g/mol. The first-order valence-electron chi connectivity index (χ1n) is 6.62. The number of aryl methyl sites for hydroxylation is 1. The van der Waals surface area contributed by atoms with Gasteiger partial charge in [0.25, 0.3) is 5.91 Å². The summed E-state index contributed by atoms with van der Waals surface area (Å²) in [5.74, 6) is -0.118. The van der Waals surface area contributed by atoms with Gasteiger partial charge in [-0.05, 0) is 27.7 Å². The minimum Gasteiger partial charge on any atom is -0.396 e. The maximum absolute atomic E-state index is 12.5. The lowest BCUT2D eigenvalue weighted by Crippen LogP contribution is -2.53. The predicted molar refractivity (Wildman–Crippen MR) is 72.8 cm³/mol. The van der Waals surface area contributed by atoms with Gasteiger partial charge in [0, 0.05) is 25.8 Å². The topological polar surface area (TPSA) is 73.4 Å². The highest BCUT2D eigenvalue weighted by molar-refractivity contribution is 5.97. The number of carbonyl (C=O) groups is 1. The third-order valence-corrected chi connectivity index (χ3v) is 3.17. The molecule has 0 aromatic carbocycles. The molecular formula is C13H22N4O2. The highest BCUT2D eigenvalue weighted by Gasteiger charge is 2.35. The lowest BCUT2D eigenvalue weighted by atomic mass is 10.1. The molecular weight excluding hydrogens is 244 g/mol. The molecule has 1 aromatic rings. The van der Waals surface area contributed by atoms with Crippen LogP contribution in [0, 0.1) is 0 Å². The van der Waals surface area contributed by atoms with Crippen LogP contribution >= 0.6 is 0 Å². The number of amides is 1. The van der Waals surface area contributed by atoms with Crippen LogP contribution in [0.5, 0.6) is 0 Å². The van der Waals surface area contributed by atoms with Gasteiger partial charge in [-0.25, -0.2) is 0 Å². The van der Waals surface area contributed by atoms with Gasteiger partial charge < -0.3 is 15.4 Å². The van der Waals surface area contributed by atoms with Gasteiger partial charge in [0.15, 0.2) is 5.69 Å². The molecule has 1 saturated heterocycles. The second-order valence-electron chi connectivity index (χ2n) is 5.66. The Kier molecular flexibility index (Phi) is 3.54. The molecule has 2 heterocycles. The van der Waals surface area contributed by atoms with Crippen molar-refractivity contribution in [2.45, 2.75) is 45.9 Å². The molecule has 19 heavy (non-hydrogen) atoms. The second-order valence-corrected chi connectivity index (χ2v) is 5.66. The van der Waals surface area contributed by atoms with E-state index in [-0.39, 0.29) is 17.6 Å². The summed E-state index contributed by atoms with van der Waals surface area (Å²) in [6, 6.07) is 0. The van der Waals surface area contributed by atoms with E-state index in [0.29, 0.717) is 31.0 Å². The van der Waals surface area contributed by atoms with Crippen molar-refractivity contribution in [1.29, 1.82) is 0 Å². The summed E-state index contributed by atoms with van der Waals surface area (Å²) in [5, 5.41) is 4.24. The Morgan fingerprint density at radius 2 is 2.32 bits per heavy atom. The van der Waals surface area contributed by atoms with E-state index in [1.54, 1.807) is 15.8 Å². The Morgan fingerprint density at radius 3 is 2.84 bits per heavy atom. The zero-order valence-electron chi connectivity index (χ0n) is 12.0. The summed E-state index contributed by atoms with van der Waals surface area (Å²) in [4.78, 5) is 14.3. The molecule has 1 unspecified atom stereocenters. The van der Waals surface area contributed by atoms with Crippen molar-refractivity contribution in [2.24, 2.45) is 0 Å². The molecule has 1 amide bonds. The summed E-state index contributed by atoms with van der Waals surface area (Å²) in [7, 11) is 0. The van der Waals surface area contributed by atoms with Gasteiger partial charge in [-0.2, -0.15) is 5.10 Å². The molecule has 2 rings (SSSR count). The average Bonchev–Trinajstić information content (AvgIpc) is 2.67. The number of aromatic nitrogens is 2. The molecule has 0 bridgehead atoms. The van der Waals surface area contributed by atoms with E-state index in [1.165, 1.54) is 0 Å². The fraction of sp³-hybridized carbons (Fsp3) is 0.692. The highest BCUT2D eigenvalue weighted by atomic mass is 16.5. The van der Waals surface area contributed by atoms with Crippen LogP contribution in [0.25, 0.3) is 0 Å². The lowest BCUT2D eigenvalue weighted by Gasteiger charge is -2.41. The molecule has 0 aliphatic carbocycles. The molecule has 6 nitrogen and oxygen atoms in total. The summed E-state index contributed by atoms with van der Waals surface area (Å²) in [6.45, 7) is 9.71. The van der Waals surface area contributed by atoms with Crippen molar-refractivity contribution in [1.82, 2.24) is 14.7 Å². The van der Waals surface area contributed by atoms with Gasteiger partial charge in [0.1, 0.15) is 0 Å². The Hall–Kier alpha value is -1.56. The van der Waals surface area contributed by atoms with Crippen LogP contribution in [0.1, 0.15) is 38.2 Å². The number of nitrogen functional groups attached to an aromatic ring is 1. The molecule has 1 atom stereocenters. The van der Waals surface area contributed by atoms with E-state index in [1.807, 2.05) is 27.7 Å². The van der Waals surface area contributed by atoms with Gasteiger partial charge in [0.2, 0.25) is 0 Å². The number of hydrogen-bond acceptors (Lipinski definition) is 4. The molecule has 106 valence electrons. The van der Waals surface area contributed by atoms with Gasteiger partial charge in [-0.15, -0.1) is 0 Å². The normalized spacial score (nSPS) is 22.5. The molecule has 2 N–H and O–H groups in total. The van der Waals surface area contributed by atoms with Crippen LogP contribution in [0.4, 0.5) is 5.69 Å². The number of ether oxygens (including phenoxy) is 1. The monoisotopic (exact) mass is 266 g/mol. The number of hydrogen-bond donors (Lipinski definition) is 1. The largest absolute Gasteiger partial charge is 0.396 e. The summed E-state index contributed by atoms with van der Waals surface area (Å²) < 4.78 is 7.47. The Bertz CT molecular complexity index is 481. The zero-order valence-corrected chi connectivity index (χ0v) is 12.0. The first-order valence-corrected chi connectivity index (χ1v) is 6.62. The molecule has 6 heteroatoms. The third kappa shape index (κ3) is 2.89. The standard InChI is InChI=1S/C13H22N4O2/c1-5-17-7-10(14)11(15-17)12(18)16-6-9(2)19-13(3,4)8-16/h7,9H,5-6,8,14H2,1-4H3. The van der Waals surface area contributed by atoms with E-state index in [0.717, 1.165) is 0 Å². The van der Waals surface area contributed by atoms with E-state index in [9.17, 15) is 4.79 Å². The summed E-state index contributed by atoms with van der Waals surface area (Å²) in [6.07, 6.45) is 1.71. The van der Waals surface area contributed by atoms with Gasteiger partial charge in [-0.3, -0.25) is 9.48 Å². The van der Waals surface area contributed by atoms with Crippen molar-refractivity contribution >= 4 is 11.6 Å². The smallest absolute Gasteiger partial charge is 0.276 e. The SMILES string of the molecule is CCn1cc(N)c(C(=O)N2CC(C)OC(C)(C)C2)n1. The third-order valence-electron chi connectivity index (χ3n) is 3.17. The van der Waals surface area contributed by atoms with Crippen molar-refractivity contribution in [3.05, 3.63) is 11.9 Å². The van der Waals surface area contributed by atoms with Gasteiger partial charge >= 0.3 is 0 Å². The number of rotatable bonds is 2. The van der Waals surface area contributed by atoms with Crippen LogP contribution in [0.15, 0.2) is 6.20 Å². The fourth-order valence-corrected chi connectivity index (χ4v) is 2.52. The van der Waals surface area contributed by atoms with Crippen LogP contribution in [-0.4, -0.2) is 45.4 Å². The number of carbonyl (C=O) groups excluding carboxylic acids is 1. The molecule has 1 fully saturated rings. The molecule has 0 saturated carbocycles. The van der Waals surface area contributed by atoms with Crippen molar-refractivity contribution in [2.75, 3.05) is 18.8 Å². The number of nitrogens with zero attached hydrogens (tertiary/aromatic N) is 3. The minimum absolute atomic E-state index is 0.0159. The second kappa shape index (κ2) is 4.85. The Morgan fingerprint density at radius 1 is 1.63 bits per heavy atom. The maximum Gasteiger partial charge on any atom is 0.276 e. The van der Waals surface area contributed by atoms with Crippen LogP contribution in [0.2, 0.25) is 0 Å². The molecule has 1 aliphatic heterocycles. The molecule has 1 aromatic heterocycles. The summed E-state index contributed by atoms with van der Waals surface area (Å²) in [5.41, 5.74) is 6.30.